The van der Waals surface area contributed by atoms with Gasteiger partial charge in [-0.05, 0) is 31.7 Å². The summed E-state index contributed by atoms with van der Waals surface area (Å²) >= 11 is 0. The van der Waals surface area contributed by atoms with Crippen molar-refractivity contribution in [3.05, 3.63) is 41.8 Å². The van der Waals surface area contributed by atoms with E-state index in [1.807, 2.05) is 25.1 Å². The summed E-state index contributed by atoms with van der Waals surface area (Å²) in [4.78, 5) is 2.11. The van der Waals surface area contributed by atoms with Gasteiger partial charge in [-0.3, -0.25) is 0 Å². The van der Waals surface area contributed by atoms with Gasteiger partial charge in [0.2, 0.25) is 5.89 Å². The van der Waals surface area contributed by atoms with E-state index in [-0.39, 0.29) is 18.4 Å². The Kier molecular flexibility index (Phi) is 7.02. The SMILES string of the molecule is CCOC1CCN(c2nnc([C@H](N)Cc3ccccc3)o2)CC1.Cl. The minimum Gasteiger partial charge on any atom is -0.406 e. The first-order chi connectivity index (χ1) is 11.3. The van der Waals surface area contributed by atoms with Gasteiger partial charge in [0.1, 0.15) is 0 Å². The number of benzene rings is 1. The number of ether oxygens (including phenoxy) is 1. The summed E-state index contributed by atoms with van der Waals surface area (Å²) in [6, 6.07) is 10.4. The number of anilines is 1. The Morgan fingerprint density at radius 2 is 1.96 bits per heavy atom. The topological polar surface area (TPSA) is 77.4 Å². The highest BCUT2D eigenvalue weighted by Crippen LogP contribution is 2.23. The van der Waals surface area contributed by atoms with Crippen LogP contribution in [0.15, 0.2) is 34.7 Å². The largest absolute Gasteiger partial charge is 0.406 e. The third-order valence-electron chi connectivity index (χ3n) is 4.16. The monoisotopic (exact) mass is 352 g/mol. The van der Waals surface area contributed by atoms with E-state index in [2.05, 4.69) is 27.2 Å². The molecule has 0 amide bonds. The molecule has 1 aromatic heterocycles. The van der Waals surface area contributed by atoms with Crippen molar-refractivity contribution >= 4 is 18.4 Å². The fourth-order valence-electron chi connectivity index (χ4n) is 2.91. The maximum atomic E-state index is 6.20. The molecule has 7 heteroatoms. The first kappa shape index (κ1) is 18.7. The van der Waals surface area contributed by atoms with Crippen LogP contribution in [0.3, 0.4) is 0 Å². The van der Waals surface area contributed by atoms with Gasteiger partial charge in [-0.2, -0.15) is 0 Å². The zero-order valence-electron chi connectivity index (χ0n) is 13.9. The lowest BCUT2D eigenvalue weighted by Crippen LogP contribution is -2.37. The van der Waals surface area contributed by atoms with Gasteiger partial charge in [-0.1, -0.05) is 35.4 Å². The Bertz CT molecular complexity index is 600. The van der Waals surface area contributed by atoms with Crippen molar-refractivity contribution in [2.24, 2.45) is 5.73 Å². The molecule has 6 nitrogen and oxygen atoms in total. The first-order valence-electron chi connectivity index (χ1n) is 8.25. The lowest BCUT2D eigenvalue weighted by atomic mass is 10.1. The quantitative estimate of drug-likeness (QED) is 0.861. The van der Waals surface area contributed by atoms with Crippen LogP contribution in [0, 0.1) is 0 Å². The maximum absolute atomic E-state index is 6.20. The number of hydrogen-bond acceptors (Lipinski definition) is 6. The molecule has 1 aromatic carbocycles. The van der Waals surface area contributed by atoms with E-state index in [1.54, 1.807) is 0 Å². The molecular formula is C17H25ClN4O2. The second-order valence-corrected chi connectivity index (χ2v) is 5.86. The molecule has 2 N–H and O–H groups in total. The van der Waals surface area contributed by atoms with Crippen LogP contribution >= 0.6 is 12.4 Å². The second-order valence-electron chi connectivity index (χ2n) is 5.86. The lowest BCUT2D eigenvalue weighted by molar-refractivity contribution is 0.0453. The smallest absolute Gasteiger partial charge is 0.318 e. The van der Waals surface area contributed by atoms with Gasteiger partial charge in [0.15, 0.2) is 0 Å². The molecule has 0 saturated carbocycles. The van der Waals surface area contributed by atoms with Crippen molar-refractivity contribution in [3.8, 4) is 0 Å². The lowest BCUT2D eigenvalue weighted by Gasteiger charge is -2.30. The number of rotatable bonds is 6. The molecule has 0 radical (unpaired) electrons. The minimum absolute atomic E-state index is 0. The van der Waals surface area contributed by atoms with E-state index in [0.29, 0.717) is 24.4 Å². The van der Waals surface area contributed by atoms with Crippen LogP contribution < -0.4 is 10.6 Å². The minimum atomic E-state index is -0.278. The van der Waals surface area contributed by atoms with Crippen LogP contribution in [0.25, 0.3) is 0 Å². The van der Waals surface area contributed by atoms with E-state index >= 15 is 0 Å². The number of halogens is 1. The molecule has 24 heavy (non-hydrogen) atoms. The van der Waals surface area contributed by atoms with Crippen molar-refractivity contribution < 1.29 is 9.15 Å². The molecule has 0 spiro atoms. The van der Waals surface area contributed by atoms with Crippen LogP contribution in [0.5, 0.6) is 0 Å². The highest BCUT2D eigenvalue weighted by Gasteiger charge is 2.24. The Balaban J connectivity index is 0.00000208. The Morgan fingerprint density at radius 1 is 1.25 bits per heavy atom. The average molecular weight is 353 g/mol. The number of nitrogens with zero attached hydrogens (tertiary/aromatic N) is 3. The third-order valence-corrected chi connectivity index (χ3v) is 4.16. The highest BCUT2D eigenvalue weighted by molar-refractivity contribution is 5.85. The number of piperidine rings is 1. The summed E-state index contributed by atoms with van der Waals surface area (Å²) in [5, 5.41) is 8.29. The van der Waals surface area contributed by atoms with E-state index in [9.17, 15) is 0 Å². The summed E-state index contributed by atoms with van der Waals surface area (Å²) in [6.07, 6.45) is 3.01. The van der Waals surface area contributed by atoms with Gasteiger partial charge in [0, 0.05) is 19.7 Å². The molecule has 1 aliphatic rings. The summed E-state index contributed by atoms with van der Waals surface area (Å²) in [5.41, 5.74) is 7.36. The predicted molar refractivity (Wildman–Crippen MR) is 95.5 cm³/mol. The molecule has 1 fully saturated rings. The van der Waals surface area contributed by atoms with Crippen molar-refractivity contribution in [1.29, 1.82) is 0 Å². The molecule has 0 unspecified atom stereocenters. The molecule has 3 rings (SSSR count). The number of hydrogen-bond donors (Lipinski definition) is 1. The van der Waals surface area contributed by atoms with Gasteiger partial charge in [0.25, 0.3) is 0 Å². The highest BCUT2D eigenvalue weighted by atomic mass is 35.5. The first-order valence-corrected chi connectivity index (χ1v) is 8.25. The number of nitrogens with two attached hydrogens (primary N) is 1. The molecule has 2 aromatic rings. The van der Waals surface area contributed by atoms with E-state index in [0.717, 1.165) is 38.1 Å². The van der Waals surface area contributed by atoms with Crippen molar-refractivity contribution in [2.45, 2.75) is 38.3 Å². The van der Waals surface area contributed by atoms with E-state index in [1.165, 1.54) is 0 Å². The fraction of sp³-hybridized carbons (Fsp3) is 0.529. The summed E-state index contributed by atoms with van der Waals surface area (Å²) < 4.78 is 11.5. The van der Waals surface area contributed by atoms with Gasteiger partial charge in [0.05, 0.1) is 12.1 Å². The van der Waals surface area contributed by atoms with Crippen molar-refractivity contribution in [2.75, 3.05) is 24.6 Å². The van der Waals surface area contributed by atoms with Gasteiger partial charge in [-0.15, -0.1) is 17.5 Å². The third kappa shape index (κ3) is 4.69. The van der Waals surface area contributed by atoms with Crippen LogP contribution in [0.4, 0.5) is 6.01 Å². The summed E-state index contributed by atoms with van der Waals surface area (Å²) in [5.74, 6) is 0.496. The second kappa shape index (κ2) is 9.01. The van der Waals surface area contributed by atoms with Gasteiger partial charge >= 0.3 is 6.01 Å². The standard InChI is InChI=1S/C17H24N4O2.ClH/c1-2-22-14-8-10-21(11-9-14)17-20-19-16(23-17)15(18)12-13-6-4-3-5-7-13;/h3-7,14-15H,2,8-12,18H2,1H3;1H/t15-;/m1./s1. The van der Waals surface area contributed by atoms with Crippen LogP contribution in [-0.4, -0.2) is 36.0 Å². The normalized spacial score (nSPS) is 16.7. The molecule has 132 valence electrons. The van der Waals surface area contributed by atoms with Gasteiger partial charge < -0.3 is 19.8 Å². The van der Waals surface area contributed by atoms with E-state index < -0.39 is 0 Å². The zero-order valence-corrected chi connectivity index (χ0v) is 14.7. The Hall–Kier alpha value is -1.63. The predicted octanol–water partition coefficient (Wildman–Crippen LogP) is 2.74. The molecule has 0 aliphatic carbocycles. The van der Waals surface area contributed by atoms with Gasteiger partial charge in [-0.25, -0.2) is 0 Å². The molecule has 2 heterocycles. The number of aromatic nitrogens is 2. The summed E-state index contributed by atoms with van der Waals surface area (Å²) in [6.45, 7) is 4.55. The van der Waals surface area contributed by atoms with Crippen molar-refractivity contribution in [3.63, 3.8) is 0 Å². The molecule has 1 atom stereocenters. The van der Waals surface area contributed by atoms with Crippen LogP contribution in [0.1, 0.15) is 37.3 Å². The fourth-order valence-corrected chi connectivity index (χ4v) is 2.91. The summed E-state index contributed by atoms with van der Waals surface area (Å²) in [7, 11) is 0. The van der Waals surface area contributed by atoms with Crippen LogP contribution in [-0.2, 0) is 11.2 Å². The van der Waals surface area contributed by atoms with Crippen LogP contribution in [0.2, 0.25) is 0 Å². The Morgan fingerprint density at radius 3 is 2.62 bits per heavy atom. The molecule has 1 aliphatic heterocycles. The molecule has 0 bridgehead atoms. The Labute approximate surface area is 148 Å². The van der Waals surface area contributed by atoms with Crippen molar-refractivity contribution in [1.82, 2.24) is 10.2 Å². The molecular weight excluding hydrogens is 328 g/mol. The van der Waals surface area contributed by atoms with E-state index in [4.69, 9.17) is 14.9 Å². The average Bonchev–Trinajstić information content (AvgIpc) is 3.07. The zero-order chi connectivity index (χ0) is 16.1. The maximum Gasteiger partial charge on any atom is 0.318 e. The molecule has 1 saturated heterocycles.